The van der Waals surface area contributed by atoms with Crippen molar-refractivity contribution in [1.82, 2.24) is 0 Å². The van der Waals surface area contributed by atoms with E-state index in [-0.39, 0.29) is 5.71 Å². The fraction of sp³-hybridized carbons (Fsp3) is 0.438. The van der Waals surface area contributed by atoms with Gasteiger partial charge in [-0.05, 0) is 31.2 Å². The SMILES string of the molecule is C/C(=N\N=C(\Cc1ccccc1)C1CCC1C)C(=O)O. The van der Waals surface area contributed by atoms with Gasteiger partial charge in [-0.25, -0.2) is 4.79 Å². The third-order valence-electron chi connectivity index (χ3n) is 3.91. The predicted molar refractivity (Wildman–Crippen MR) is 80.2 cm³/mol. The maximum Gasteiger partial charge on any atom is 0.351 e. The van der Waals surface area contributed by atoms with E-state index in [0.717, 1.165) is 18.6 Å². The first kappa shape index (κ1) is 14.4. The molecule has 1 aromatic rings. The number of carboxylic acid groups (broad SMARTS) is 1. The van der Waals surface area contributed by atoms with Crippen molar-refractivity contribution >= 4 is 17.4 Å². The van der Waals surface area contributed by atoms with E-state index in [2.05, 4.69) is 29.3 Å². The van der Waals surface area contributed by atoms with Gasteiger partial charge < -0.3 is 5.11 Å². The molecule has 4 heteroatoms. The van der Waals surface area contributed by atoms with E-state index in [0.29, 0.717) is 11.8 Å². The Kier molecular flexibility index (Phi) is 4.66. The summed E-state index contributed by atoms with van der Waals surface area (Å²) in [6, 6.07) is 10.1. The molecule has 0 amide bonds. The van der Waals surface area contributed by atoms with Crippen LogP contribution in [0.5, 0.6) is 0 Å². The van der Waals surface area contributed by atoms with Gasteiger partial charge in [0.2, 0.25) is 0 Å². The topological polar surface area (TPSA) is 62.0 Å². The van der Waals surface area contributed by atoms with Crippen LogP contribution in [0.2, 0.25) is 0 Å². The predicted octanol–water partition coefficient (Wildman–Crippen LogP) is 3.18. The average molecular weight is 272 g/mol. The fourth-order valence-electron chi connectivity index (χ4n) is 2.39. The molecule has 0 aromatic heterocycles. The first-order chi connectivity index (χ1) is 9.58. The first-order valence-electron chi connectivity index (χ1n) is 6.96. The highest BCUT2D eigenvalue weighted by Crippen LogP contribution is 2.35. The molecule has 2 unspecified atom stereocenters. The Morgan fingerprint density at radius 2 is 1.95 bits per heavy atom. The third kappa shape index (κ3) is 3.53. The monoisotopic (exact) mass is 272 g/mol. The number of hydrogen-bond acceptors (Lipinski definition) is 3. The Hall–Kier alpha value is -1.97. The van der Waals surface area contributed by atoms with Crippen molar-refractivity contribution in [1.29, 1.82) is 0 Å². The number of carboxylic acids is 1. The molecule has 0 saturated heterocycles. The van der Waals surface area contributed by atoms with Gasteiger partial charge in [-0.3, -0.25) is 0 Å². The molecule has 4 nitrogen and oxygen atoms in total. The lowest BCUT2D eigenvalue weighted by Gasteiger charge is -2.34. The standard InChI is InChI=1S/C16H20N2O2/c1-11-8-9-14(11)15(18-17-12(2)16(19)20)10-13-6-4-3-5-7-13/h3-7,11,14H,8-10H2,1-2H3,(H,19,20)/b17-12+,18-15-. The second-order valence-corrected chi connectivity index (χ2v) is 5.41. The molecule has 20 heavy (non-hydrogen) atoms. The van der Waals surface area contributed by atoms with Crippen LogP contribution in [0, 0.1) is 11.8 Å². The summed E-state index contributed by atoms with van der Waals surface area (Å²) in [6.07, 6.45) is 3.07. The van der Waals surface area contributed by atoms with Crippen molar-refractivity contribution in [2.45, 2.75) is 33.1 Å². The number of hydrogen-bond donors (Lipinski definition) is 1. The van der Waals surface area contributed by atoms with E-state index in [9.17, 15) is 4.79 Å². The molecule has 2 rings (SSSR count). The minimum absolute atomic E-state index is 0.0301. The van der Waals surface area contributed by atoms with E-state index in [1.807, 2.05) is 18.2 Å². The zero-order valence-electron chi connectivity index (χ0n) is 11.9. The lowest BCUT2D eigenvalue weighted by Crippen LogP contribution is -2.32. The van der Waals surface area contributed by atoms with Crippen molar-refractivity contribution in [3.63, 3.8) is 0 Å². The first-order valence-corrected chi connectivity index (χ1v) is 6.96. The van der Waals surface area contributed by atoms with Crippen molar-refractivity contribution in [3.05, 3.63) is 35.9 Å². The second kappa shape index (κ2) is 6.46. The Morgan fingerprint density at radius 1 is 1.25 bits per heavy atom. The number of benzene rings is 1. The maximum absolute atomic E-state index is 10.8. The molecule has 1 N–H and O–H groups in total. The summed E-state index contributed by atoms with van der Waals surface area (Å²) in [4.78, 5) is 10.8. The Balaban J connectivity index is 2.19. The van der Waals surface area contributed by atoms with E-state index in [1.165, 1.54) is 18.9 Å². The largest absolute Gasteiger partial charge is 0.477 e. The van der Waals surface area contributed by atoms with Crippen LogP contribution in [0.1, 0.15) is 32.3 Å². The molecule has 0 aliphatic heterocycles. The maximum atomic E-state index is 10.8. The zero-order chi connectivity index (χ0) is 14.5. The number of carbonyl (C=O) groups is 1. The van der Waals surface area contributed by atoms with Crippen molar-refractivity contribution in [2.24, 2.45) is 22.0 Å². The minimum atomic E-state index is -1.02. The molecule has 2 atom stereocenters. The van der Waals surface area contributed by atoms with E-state index in [1.54, 1.807) is 0 Å². The van der Waals surface area contributed by atoms with Crippen molar-refractivity contribution in [2.75, 3.05) is 0 Å². The van der Waals surface area contributed by atoms with Gasteiger partial charge in [0, 0.05) is 18.1 Å². The Morgan fingerprint density at radius 3 is 2.45 bits per heavy atom. The van der Waals surface area contributed by atoms with Crippen LogP contribution < -0.4 is 0 Å². The van der Waals surface area contributed by atoms with Gasteiger partial charge in [-0.1, -0.05) is 37.3 Å². The lowest BCUT2D eigenvalue weighted by molar-refractivity contribution is -0.129. The highest BCUT2D eigenvalue weighted by molar-refractivity contribution is 6.34. The van der Waals surface area contributed by atoms with E-state index >= 15 is 0 Å². The molecule has 1 aliphatic rings. The molecular formula is C16H20N2O2. The third-order valence-corrected chi connectivity index (χ3v) is 3.91. The molecule has 1 aromatic carbocycles. The summed E-state index contributed by atoms with van der Waals surface area (Å²) in [6.45, 7) is 3.68. The molecule has 0 bridgehead atoms. The second-order valence-electron chi connectivity index (χ2n) is 5.41. The van der Waals surface area contributed by atoms with Gasteiger partial charge in [0.25, 0.3) is 0 Å². The summed E-state index contributed by atoms with van der Waals surface area (Å²) < 4.78 is 0. The Labute approximate surface area is 119 Å². The number of rotatable bonds is 5. The summed E-state index contributed by atoms with van der Waals surface area (Å²) in [5, 5.41) is 16.9. The van der Waals surface area contributed by atoms with Crippen LogP contribution in [-0.4, -0.2) is 22.5 Å². The van der Waals surface area contributed by atoms with Gasteiger partial charge in [0.05, 0.1) is 0 Å². The number of nitrogens with zero attached hydrogens (tertiary/aromatic N) is 2. The van der Waals surface area contributed by atoms with Gasteiger partial charge in [-0.2, -0.15) is 5.10 Å². The van der Waals surface area contributed by atoms with E-state index in [4.69, 9.17) is 5.11 Å². The summed E-state index contributed by atoms with van der Waals surface area (Å²) in [5.41, 5.74) is 2.21. The zero-order valence-corrected chi connectivity index (χ0v) is 11.9. The molecule has 1 fully saturated rings. The minimum Gasteiger partial charge on any atom is -0.477 e. The summed E-state index contributed by atoms with van der Waals surface area (Å²) in [7, 11) is 0. The van der Waals surface area contributed by atoms with Crippen LogP contribution in [-0.2, 0) is 11.2 Å². The van der Waals surface area contributed by atoms with Crippen molar-refractivity contribution < 1.29 is 9.90 Å². The molecule has 0 heterocycles. The molecule has 0 spiro atoms. The summed E-state index contributed by atoms with van der Waals surface area (Å²) in [5.74, 6) is 0.0211. The lowest BCUT2D eigenvalue weighted by atomic mass is 9.71. The molecule has 0 radical (unpaired) electrons. The van der Waals surface area contributed by atoms with Gasteiger partial charge in [0.1, 0.15) is 5.71 Å². The normalized spacial score (nSPS) is 23.3. The van der Waals surface area contributed by atoms with Crippen LogP contribution in [0.15, 0.2) is 40.5 Å². The quantitative estimate of drug-likeness (QED) is 0.661. The smallest absolute Gasteiger partial charge is 0.351 e. The number of aliphatic carboxylic acids is 1. The molecule has 1 saturated carbocycles. The van der Waals surface area contributed by atoms with Crippen LogP contribution in [0.4, 0.5) is 0 Å². The highest BCUT2D eigenvalue weighted by Gasteiger charge is 2.31. The van der Waals surface area contributed by atoms with Gasteiger partial charge in [0.15, 0.2) is 0 Å². The summed E-state index contributed by atoms with van der Waals surface area (Å²) >= 11 is 0. The highest BCUT2D eigenvalue weighted by atomic mass is 16.4. The molecule has 1 aliphatic carbocycles. The fourth-order valence-corrected chi connectivity index (χ4v) is 2.39. The van der Waals surface area contributed by atoms with Crippen molar-refractivity contribution in [3.8, 4) is 0 Å². The Bertz CT molecular complexity index is 535. The van der Waals surface area contributed by atoms with Crippen LogP contribution in [0.3, 0.4) is 0 Å². The van der Waals surface area contributed by atoms with Crippen LogP contribution in [0.25, 0.3) is 0 Å². The van der Waals surface area contributed by atoms with E-state index < -0.39 is 5.97 Å². The molecule has 106 valence electrons. The van der Waals surface area contributed by atoms with Crippen LogP contribution >= 0.6 is 0 Å². The van der Waals surface area contributed by atoms with Gasteiger partial charge >= 0.3 is 5.97 Å². The average Bonchev–Trinajstić information content (AvgIpc) is 2.43. The van der Waals surface area contributed by atoms with Gasteiger partial charge in [-0.15, -0.1) is 5.10 Å². The molecular weight excluding hydrogens is 252 g/mol.